The van der Waals surface area contributed by atoms with Crippen LogP contribution in [0, 0.1) is 11.6 Å². The third kappa shape index (κ3) is 2.76. The fourth-order valence-electron chi connectivity index (χ4n) is 2.82. The fourth-order valence-corrected chi connectivity index (χ4v) is 3.02. The van der Waals surface area contributed by atoms with Crippen molar-refractivity contribution < 1.29 is 8.78 Å². The molecule has 25 heavy (non-hydrogen) atoms. The van der Waals surface area contributed by atoms with Gasteiger partial charge in [-0.1, -0.05) is 41.9 Å². The first kappa shape index (κ1) is 15.7. The number of imidazole rings is 1. The molecule has 0 radical (unpaired) electrons. The molecule has 0 bridgehead atoms. The Balaban J connectivity index is 1.99. The fraction of sp³-hybridized carbons (Fsp3) is 0.0526. The van der Waals surface area contributed by atoms with Gasteiger partial charge < -0.3 is 4.57 Å². The van der Waals surface area contributed by atoms with Crippen molar-refractivity contribution in [3.8, 4) is 11.4 Å². The third-order valence-electron chi connectivity index (χ3n) is 4.00. The minimum absolute atomic E-state index is 0.0224. The zero-order valence-corrected chi connectivity index (χ0v) is 13.7. The maximum Gasteiger partial charge on any atom is 0.186 e. The van der Waals surface area contributed by atoms with E-state index in [1.165, 1.54) is 6.07 Å². The van der Waals surface area contributed by atoms with Gasteiger partial charge in [-0.2, -0.15) is 0 Å². The second kappa shape index (κ2) is 6.26. The third-order valence-corrected chi connectivity index (χ3v) is 4.30. The van der Waals surface area contributed by atoms with Gasteiger partial charge in [0, 0.05) is 12.7 Å². The topological polar surface area (TPSA) is 30.7 Å². The van der Waals surface area contributed by atoms with E-state index < -0.39 is 11.6 Å². The Kier molecular flexibility index (Phi) is 3.93. The molecular weight excluding hydrogens is 344 g/mol. The van der Waals surface area contributed by atoms with Crippen molar-refractivity contribution in [2.45, 2.75) is 6.54 Å². The van der Waals surface area contributed by atoms with E-state index in [9.17, 15) is 8.78 Å². The van der Waals surface area contributed by atoms with E-state index in [1.807, 2.05) is 34.9 Å². The van der Waals surface area contributed by atoms with Crippen LogP contribution in [0.3, 0.4) is 0 Å². The van der Waals surface area contributed by atoms with Crippen LogP contribution in [-0.4, -0.2) is 14.5 Å². The molecule has 0 fully saturated rings. The number of rotatable bonds is 3. The normalized spacial score (nSPS) is 11.2. The lowest BCUT2D eigenvalue weighted by atomic mass is 10.2. The zero-order valence-electron chi connectivity index (χ0n) is 13.0. The molecule has 0 aliphatic heterocycles. The number of hydrogen-bond donors (Lipinski definition) is 0. The number of pyridine rings is 1. The summed E-state index contributed by atoms with van der Waals surface area (Å²) in [6.07, 6.45) is 1.57. The Morgan fingerprint density at radius 3 is 2.52 bits per heavy atom. The molecule has 0 atom stereocenters. The van der Waals surface area contributed by atoms with Gasteiger partial charge in [0.15, 0.2) is 11.6 Å². The molecule has 0 unspecified atom stereocenters. The number of aromatic nitrogens is 3. The summed E-state index contributed by atoms with van der Waals surface area (Å²) in [7, 11) is 0. The number of hydrogen-bond acceptors (Lipinski definition) is 2. The van der Waals surface area contributed by atoms with Crippen LogP contribution >= 0.6 is 11.6 Å². The van der Waals surface area contributed by atoms with Gasteiger partial charge in [0.05, 0.1) is 11.1 Å². The van der Waals surface area contributed by atoms with E-state index in [0.717, 1.165) is 11.6 Å². The molecule has 0 N–H and O–H groups in total. The SMILES string of the molecule is Fc1ccc2c(nc(-c3cccnc3Cl)n2Cc2ccccc2)c1F. The monoisotopic (exact) mass is 355 g/mol. The number of benzene rings is 2. The molecule has 0 aliphatic carbocycles. The Morgan fingerprint density at radius 2 is 1.76 bits per heavy atom. The number of halogens is 3. The molecule has 0 saturated carbocycles. The highest BCUT2D eigenvalue weighted by atomic mass is 35.5. The van der Waals surface area contributed by atoms with Crippen LogP contribution in [0.25, 0.3) is 22.4 Å². The van der Waals surface area contributed by atoms with Crippen molar-refractivity contribution in [1.82, 2.24) is 14.5 Å². The minimum Gasteiger partial charge on any atom is -0.319 e. The second-order valence-corrected chi connectivity index (χ2v) is 5.94. The van der Waals surface area contributed by atoms with Crippen molar-refractivity contribution in [3.05, 3.63) is 83.1 Å². The van der Waals surface area contributed by atoms with Crippen LogP contribution in [0.1, 0.15) is 5.56 Å². The van der Waals surface area contributed by atoms with Gasteiger partial charge in [-0.25, -0.2) is 18.7 Å². The Morgan fingerprint density at radius 1 is 0.960 bits per heavy atom. The van der Waals surface area contributed by atoms with Crippen molar-refractivity contribution in [1.29, 1.82) is 0 Å². The molecule has 6 heteroatoms. The van der Waals surface area contributed by atoms with Gasteiger partial charge in [-0.3, -0.25) is 0 Å². The summed E-state index contributed by atoms with van der Waals surface area (Å²) >= 11 is 6.20. The van der Waals surface area contributed by atoms with E-state index in [0.29, 0.717) is 23.4 Å². The molecule has 3 nitrogen and oxygen atoms in total. The predicted molar refractivity (Wildman–Crippen MR) is 93.4 cm³/mol. The van der Waals surface area contributed by atoms with Crippen molar-refractivity contribution >= 4 is 22.6 Å². The Labute approximate surface area is 147 Å². The van der Waals surface area contributed by atoms with E-state index in [1.54, 1.807) is 18.3 Å². The van der Waals surface area contributed by atoms with Gasteiger partial charge in [-0.15, -0.1) is 0 Å². The highest BCUT2D eigenvalue weighted by molar-refractivity contribution is 6.32. The molecule has 2 aromatic carbocycles. The number of fused-ring (bicyclic) bond motifs is 1. The molecule has 0 aliphatic rings. The summed E-state index contributed by atoms with van der Waals surface area (Å²) in [5, 5.41) is 0.257. The standard InChI is InChI=1S/C19H12ClF2N3/c20-18-13(7-4-10-23-18)19-24-17-15(9-8-14(21)16(17)22)25(19)11-12-5-2-1-3-6-12/h1-10H,11H2. The maximum atomic E-state index is 14.2. The van der Waals surface area contributed by atoms with E-state index in [4.69, 9.17) is 11.6 Å². The molecule has 2 heterocycles. The highest BCUT2D eigenvalue weighted by Crippen LogP contribution is 2.31. The Bertz CT molecular complexity index is 1060. The van der Waals surface area contributed by atoms with Crippen LogP contribution in [0.4, 0.5) is 8.78 Å². The lowest BCUT2D eigenvalue weighted by Crippen LogP contribution is -2.03. The Hall–Kier alpha value is -2.79. The van der Waals surface area contributed by atoms with Crippen molar-refractivity contribution in [2.75, 3.05) is 0 Å². The second-order valence-electron chi connectivity index (χ2n) is 5.58. The first-order valence-corrected chi connectivity index (χ1v) is 8.02. The lowest BCUT2D eigenvalue weighted by molar-refractivity contribution is 0.515. The van der Waals surface area contributed by atoms with Crippen LogP contribution < -0.4 is 0 Å². The van der Waals surface area contributed by atoms with Crippen LogP contribution in [0.5, 0.6) is 0 Å². The molecule has 0 amide bonds. The van der Waals surface area contributed by atoms with E-state index in [-0.39, 0.29) is 10.7 Å². The summed E-state index contributed by atoms with van der Waals surface area (Å²) in [6.45, 7) is 0.447. The van der Waals surface area contributed by atoms with Crippen molar-refractivity contribution in [3.63, 3.8) is 0 Å². The first-order chi connectivity index (χ1) is 12.1. The highest BCUT2D eigenvalue weighted by Gasteiger charge is 2.19. The summed E-state index contributed by atoms with van der Waals surface area (Å²) < 4.78 is 29.7. The van der Waals surface area contributed by atoms with E-state index in [2.05, 4.69) is 9.97 Å². The predicted octanol–water partition coefficient (Wildman–Crippen LogP) is 5.08. The summed E-state index contributed by atoms with van der Waals surface area (Å²) in [5.41, 5.74) is 2.05. The summed E-state index contributed by atoms with van der Waals surface area (Å²) in [5.74, 6) is -1.45. The van der Waals surface area contributed by atoms with Gasteiger partial charge in [0.25, 0.3) is 0 Å². The van der Waals surface area contributed by atoms with Gasteiger partial charge in [0.1, 0.15) is 16.5 Å². The van der Waals surface area contributed by atoms with Crippen LogP contribution in [-0.2, 0) is 6.54 Å². The van der Waals surface area contributed by atoms with Gasteiger partial charge in [-0.05, 0) is 29.8 Å². The first-order valence-electron chi connectivity index (χ1n) is 7.64. The minimum atomic E-state index is -0.967. The van der Waals surface area contributed by atoms with Crippen molar-refractivity contribution in [2.24, 2.45) is 0 Å². The molecule has 124 valence electrons. The summed E-state index contributed by atoms with van der Waals surface area (Å²) in [6, 6.07) is 15.8. The molecule has 0 saturated heterocycles. The number of nitrogens with zero attached hydrogens (tertiary/aromatic N) is 3. The lowest BCUT2D eigenvalue weighted by Gasteiger charge is -2.10. The van der Waals surface area contributed by atoms with Crippen LogP contribution in [0.15, 0.2) is 60.8 Å². The average Bonchev–Trinajstić information content (AvgIpc) is 2.98. The van der Waals surface area contributed by atoms with E-state index >= 15 is 0 Å². The molecule has 4 aromatic rings. The molecule has 0 spiro atoms. The average molecular weight is 356 g/mol. The molecule has 2 aromatic heterocycles. The zero-order chi connectivity index (χ0) is 17.4. The smallest absolute Gasteiger partial charge is 0.186 e. The summed E-state index contributed by atoms with van der Waals surface area (Å²) in [4.78, 5) is 8.38. The van der Waals surface area contributed by atoms with Crippen LogP contribution in [0.2, 0.25) is 5.15 Å². The molecular formula is C19H12ClF2N3. The van der Waals surface area contributed by atoms with Gasteiger partial charge in [0.2, 0.25) is 0 Å². The largest absolute Gasteiger partial charge is 0.319 e. The molecule has 4 rings (SSSR count). The quantitative estimate of drug-likeness (QED) is 0.480. The maximum absolute atomic E-state index is 14.2. The van der Waals surface area contributed by atoms with Gasteiger partial charge >= 0.3 is 0 Å².